The van der Waals surface area contributed by atoms with Gasteiger partial charge in [-0.25, -0.2) is 17.8 Å². The number of aromatic nitrogens is 3. The Kier molecular flexibility index (Phi) is 5.03. The molecule has 0 aliphatic carbocycles. The molecule has 0 aliphatic rings. The average Bonchev–Trinajstić information content (AvgIpc) is 3.03. The first kappa shape index (κ1) is 17.4. The SMILES string of the molecule is Nc1ccc(S(=O)(=O)NCc2cn(Cc3ccc(Cl)cc3)nn2)cc1. The minimum absolute atomic E-state index is 0.0489. The lowest BCUT2D eigenvalue weighted by molar-refractivity contribution is 0.580. The Labute approximate surface area is 150 Å². The van der Waals surface area contributed by atoms with E-state index >= 15 is 0 Å². The highest BCUT2D eigenvalue weighted by Crippen LogP contribution is 2.12. The Morgan fingerprint density at radius 2 is 1.76 bits per heavy atom. The maximum atomic E-state index is 12.2. The molecule has 9 heteroatoms. The molecule has 2 aromatic carbocycles. The Morgan fingerprint density at radius 3 is 2.44 bits per heavy atom. The molecule has 3 rings (SSSR count). The second-order valence-corrected chi connectivity index (χ2v) is 7.63. The third-order valence-electron chi connectivity index (χ3n) is 3.48. The largest absolute Gasteiger partial charge is 0.399 e. The lowest BCUT2D eigenvalue weighted by atomic mass is 10.2. The van der Waals surface area contributed by atoms with Crippen LogP contribution in [0.15, 0.2) is 59.6 Å². The summed E-state index contributed by atoms with van der Waals surface area (Å²) in [5.41, 5.74) is 7.61. The molecular weight excluding hydrogens is 362 g/mol. The van der Waals surface area contributed by atoms with Crippen LogP contribution in [-0.4, -0.2) is 23.4 Å². The van der Waals surface area contributed by atoms with Gasteiger partial charge in [-0.3, -0.25) is 0 Å². The van der Waals surface area contributed by atoms with Crippen molar-refractivity contribution >= 4 is 27.3 Å². The number of nitrogens with one attached hydrogen (secondary N) is 1. The van der Waals surface area contributed by atoms with Crippen molar-refractivity contribution in [3.63, 3.8) is 0 Å². The van der Waals surface area contributed by atoms with Gasteiger partial charge in [0.2, 0.25) is 10.0 Å². The van der Waals surface area contributed by atoms with Crippen LogP contribution in [0.1, 0.15) is 11.3 Å². The number of anilines is 1. The molecule has 25 heavy (non-hydrogen) atoms. The summed E-state index contributed by atoms with van der Waals surface area (Å²) in [5, 5.41) is 8.65. The highest BCUT2D eigenvalue weighted by molar-refractivity contribution is 7.89. The average molecular weight is 378 g/mol. The normalized spacial score (nSPS) is 11.6. The molecule has 0 unspecified atom stereocenters. The molecule has 3 N–H and O–H groups in total. The third-order valence-corrected chi connectivity index (χ3v) is 5.15. The Balaban J connectivity index is 1.63. The molecular formula is C16H16ClN5O2S. The van der Waals surface area contributed by atoms with Crippen LogP contribution in [0.2, 0.25) is 5.02 Å². The lowest BCUT2D eigenvalue weighted by Gasteiger charge is -2.05. The van der Waals surface area contributed by atoms with Gasteiger partial charge in [0, 0.05) is 10.7 Å². The number of hydrogen-bond donors (Lipinski definition) is 2. The van der Waals surface area contributed by atoms with Crippen molar-refractivity contribution in [1.29, 1.82) is 0 Å². The van der Waals surface area contributed by atoms with Gasteiger partial charge < -0.3 is 5.73 Å². The molecule has 1 heterocycles. The number of hydrogen-bond acceptors (Lipinski definition) is 5. The van der Waals surface area contributed by atoms with E-state index in [0.29, 0.717) is 22.9 Å². The van der Waals surface area contributed by atoms with E-state index in [1.807, 2.05) is 12.1 Å². The highest BCUT2D eigenvalue weighted by Gasteiger charge is 2.14. The van der Waals surface area contributed by atoms with E-state index in [0.717, 1.165) is 5.56 Å². The molecule has 7 nitrogen and oxygen atoms in total. The van der Waals surface area contributed by atoms with E-state index in [9.17, 15) is 8.42 Å². The fraction of sp³-hybridized carbons (Fsp3) is 0.125. The standard InChI is InChI=1S/C16H16ClN5O2S/c17-13-3-1-12(2-4-13)10-22-11-15(20-21-22)9-19-25(23,24)16-7-5-14(18)6-8-16/h1-8,11,19H,9-10,18H2. The minimum atomic E-state index is -3.63. The molecule has 3 aromatic rings. The number of halogens is 1. The molecule has 0 saturated heterocycles. The molecule has 0 bridgehead atoms. The minimum Gasteiger partial charge on any atom is -0.399 e. The summed E-state index contributed by atoms with van der Waals surface area (Å²) in [4.78, 5) is 0.148. The van der Waals surface area contributed by atoms with Gasteiger partial charge in [0.25, 0.3) is 0 Å². The predicted molar refractivity (Wildman–Crippen MR) is 95.5 cm³/mol. The van der Waals surface area contributed by atoms with Gasteiger partial charge in [0.05, 0.1) is 29.9 Å². The Hall–Kier alpha value is -2.42. The van der Waals surface area contributed by atoms with Crippen LogP contribution in [0.3, 0.4) is 0 Å². The Morgan fingerprint density at radius 1 is 1.08 bits per heavy atom. The molecule has 0 fully saturated rings. The summed E-state index contributed by atoms with van der Waals surface area (Å²) in [6, 6.07) is 13.4. The van der Waals surface area contributed by atoms with Gasteiger partial charge in [-0.05, 0) is 42.0 Å². The third kappa shape index (κ3) is 4.56. The summed E-state index contributed by atoms with van der Waals surface area (Å²) in [6.45, 7) is 0.572. The topological polar surface area (TPSA) is 103 Å². The van der Waals surface area contributed by atoms with Crippen molar-refractivity contribution in [2.24, 2.45) is 0 Å². The molecule has 0 atom stereocenters. The monoisotopic (exact) mass is 377 g/mol. The number of sulfonamides is 1. The molecule has 0 spiro atoms. The van der Waals surface area contributed by atoms with Crippen LogP contribution >= 0.6 is 11.6 Å². The highest BCUT2D eigenvalue weighted by atomic mass is 35.5. The zero-order valence-electron chi connectivity index (χ0n) is 13.1. The van der Waals surface area contributed by atoms with E-state index in [4.69, 9.17) is 17.3 Å². The van der Waals surface area contributed by atoms with Gasteiger partial charge in [-0.1, -0.05) is 28.9 Å². The number of nitrogens with two attached hydrogens (primary N) is 1. The first-order valence-corrected chi connectivity index (χ1v) is 9.27. The summed E-state index contributed by atoms with van der Waals surface area (Å²) in [7, 11) is -3.63. The van der Waals surface area contributed by atoms with Gasteiger partial charge in [-0.15, -0.1) is 5.10 Å². The van der Waals surface area contributed by atoms with Crippen LogP contribution in [0.4, 0.5) is 5.69 Å². The molecule has 130 valence electrons. The lowest BCUT2D eigenvalue weighted by Crippen LogP contribution is -2.23. The van der Waals surface area contributed by atoms with Crippen molar-refractivity contribution in [3.05, 3.63) is 71.0 Å². The van der Waals surface area contributed by atoms with Crippen molar-refractivity contribution in [1.82, 2.24) is 19.7 Å². The summed E-state index contributed by atoms with van der Waals surface area (Å²) in [5.74, 6) is 0. The van der Waals surface area contributed by atoms with E-state index < -0.39 is 10.0 Å². The maximum absolute atomic E-state index is 12.2. The van der Waals surface area contributed by atoms with Gasteiger partial charge in [0.15, 0.2) is 0 Å². The zero-order chi connectivity index (χ0) is 17.9. The van der Waals surface area contributed by atoms with Crippen molar-refractivity contribution < 1.29 is 8.42 Å². The van der Waals surface area contributed by atoms with Crippen LogP contribution in [0.25, 0.3) is 0 Å². The summed E-state index contributed by atoms with van der Waals surface area (Å²) >= 11 is 5.86. The Bertz CT molecular complexity index is 953. The predicted octanol–water partition coefficient (Wildman–Crippen LogP) is 2.04. The quantitative estimate of drug-likeness (QED) is 0.640. The van der Waals surface area contributed by atoms with Crippen LogP contribution in [0.5, 0.6) is 0 Å². The van der Waals surface area contributed by atoms with Crippen LogP contribution in [0, 0.1) is 0 Å². The van der Waals surface area contributed by atoms with Gasteiger partial charge in [0.1, 0.15) is 0 Å². The fourth-order valence-electron chi connectivity index (χ4n) is 2.17. The zero-order valence-corrected chi connectivity index (χ0v) is 14.7. The van der Waals surface area contributed by atoms with Crippen molar-refractivity contribution in [2.45, 2.75) is 18.0 Å². The number of rotatable bonds is 6. The van der Waals surface area contributed by atoms with E-state index in [2.05, 4.69) is 15.0 Å². The van der Waals surface area contributed by atoms with E-state index in [1.165, 1.54) is 24.3 Å². The molecule has 1 aromatic heterocycles. The molecule has 0 saturated carbocycles. The number of nitrogens with zero attached hydrogens (tertiary/aromatic N) is 3. The van der Waals surface area contributed by atoms with Crippen molar-refractivity contribution in [3.8, 4) is 0 Å². The van der Waals surface area contributed by atoms with E-state index in [-0.39, 0.29) is 11.4 Å². The molecule has 0 radical (unpaired) electrons. The van der Waals surface area contributed by atoms with Crippen LogP contribution < -0.4 is 10.5 Å². The summed E-state index contributed by atoms with van der Waals surface area (Å²) < 4.78 is 28.6. The van der Waals surface area contributed by atoms with Crippen molar-refractivity contribution in [2.75, 3.05) is 5.73 Å². The smallest absolute Gasteiger partial charge is 0.240 e. The second-order valence-electron chi connectivity index (χ2n) is 5.43. The maximum Gasteiger partial charge on any atom is 0.240 e. The first-order chi connectivity index (χ1) is 11.9. The second kappa shape index (κ2) is 7.22. The number of benzene rings is 2. The summed E-state index contributed by atoms with van der Waals surface area (Å²) in [6.07, 6.45) is 1.69. The fourth-order valence-corrected chi connectivity index (χ4v) is 3.30. The van der Waals surface area contributed by atoms with Crippen LogP contribution in [-0.2, 0) is 23.1 Å². The number of nitrogen functional groups attached to an aromatic ring is 1. The first-order valence-electron chi connectivity index (χ1n) is 7.41. The van der Waals surface area contributed by atoms with Gasteiger partial charge in [-0.2, -0.15) is 0 Å². The van der Waals surface area contributed by atoms with Gasteiger partial charge >= 0.3 is 0 Å². The molecule has 0 amide bonds. The van der Waals surface area contributed by atoms with E-state index in [1.54, 1.807) is 23.0 Å². The molecule has 0 aliphatic heterocycles.